The van der Waals surface area contributed by atoms with Gasteiger partial charge in [0.15, 0.2) is 5.58 Å². The monoisotopic (exact) mass is 438 g/mol. The fraction of sp³-hybridized carbons (Fsp3) is 0.348. The molecule has 1 unspecified atom stereocenters. The van der Waals surface area contributed by atoms with Gasteiger partial charge in [-0.05, 0) is 42.3 Å². The zero-order valence-corrected chi connectivity index (χ0v) is 17.6. The highest BCUT2D eigenvalue weighted by Gasteiger charge is 2.23. The largest absolute Gasteiger partial charge is 0.419 e. The van der Waals surface area contributed by atoms with Gasteiger partial charge in [-0.1, -0.05) is 18.2 Å². The van der Waals surface area contributed by atoms with E-state index in [0.717, 1.165) is 13.0 Å². The van der Waals surface area contributed by atoms with E-state index < -0.39 is 23.7 Å². The second-order valence-corrected chi connectivity index (χ2v) is 7.74. The number of carbonyl (C=O) groups excluding carboxylic acids is 1. The van der Waals surface area contributed by atoms with Gasteiger partial charge in [-0.15, -0.1) is 0 Å². The third kappa shape index (κ3) is 4.56. The normalized spacial score (nSPS) is 17.5. The summed E-state index contributed by atoms with van der Waals surface area (Å²) in [6.45, 7) is 1.65. The summed E-state index contributed by atoms with van der Waals surface area (Å²) in [5.41, 5.74) is 2.54. The number of halogens is 1. The van der Waals surface area contributed by atoms with Crippen molar-refractivity contribution in [3.63, 3.8) is 0 Å². The van der Waals surface area contributed by atoms with E-state index in [1.807, 2.05) is 0 Å². The van der Waals surface area contributed by atoms with E-state index >= 15 is 0 Å². The molecular formula is C23H23FN4O4. The minimum atomic E-state index is -0.809. The van der Waals surface area contributed by atoms with E-state index in [-0.39, 0.29) is 12.3 Å². The van der Waals surface area contributed by atoms with Crippen molar-refractivity contribution < 1.29 is 18.3 Å². The van der Waals surface area contributed by atoms with Crippen LogP contribution >= 0.6 is 0 Å². The maximum absolute atomic E-state index is 14.9. The maximum atomic E-state index is 14.9. The Morgan fingerprint density at radius 2 is 2.22 bits per heavy atom. The number of hydrogen-bond acceptors (Lipinski definition) is 6. The number of rotatable bonds is 5. The molecule has 0 spiro atoms. The number of carbonyl (C=O) groups is 1. The highest BCUT2D eigenvalue weighted by molar-refractivity contribution is 5.82. The smallest absolute Gasteiger partial charge is 0.408 e. The molecule has 2 aromatic carbocycles. The Labute approximate surface area is 183 Å². The van der Waals surface area contributed by atoms with Gasteiger partial charge >= 0.3 is 5.76 Å². The molecule has 1 aliphatic rings. The summed E-state index contributed by atoms with van der Waals surface area (Å²) in [5.74, 6) is -1.31. The van der Waals surface area contributed by atoms with Crippen LogP contribution in [-0.4, -0.2) is 42.3 Å². The standard InChI is InChI=1S/C23H23FN4O4/c1-28-19-11-15(4-6-20(19)32-23(28)30)17-5-3-14(10-18(17)24)9-16(12-25)27-22(29)21-13-26-7-2-8-31-21/h3-6,10-11,16,21,26H,2,7-9,13H2,1H3,(H,27,29)/t16?,21-/m0/s1. The summed E-state index contributed by atoms with van der Waals surface area (Å²) in [6.07, 6.45) is 0.330. The molecule has 2 heterocycles. The van der Waals surface area contributed by atoms with Crippen molar-refractivity contribution in [1.82, 2.24) is 15.2 Å². The second-order valence-electron chi connectivity index (χ2n) is 7.74. The number of aromatic nitrogens is 1. The summed E-state index contributed by atoms with van der Waals surface area (Å²) in [6, 6.07) is 11.0. The minimum Gasteiger partial charge on any atom is -0.408 e. The molecule has 0 aliphatic carbocycles. The zero-order valence-electron chi connectivity index (χ0n) is 17.6. The van der Waals surface area contributed by atoms with Crippen LogP contribution in [0.15, 0.2) is 45.6 Å². The van der Waals surface area contributed by atoms with Gasteiger partial charge in [0, 0.05) is 32.2 Å². The van der Waals surface area contributed by atoms with Crippen LogP contribution in [-0.2, 0) is 23.0 Å². The number of aryl methyl sites for hydroxylation is 1. The molecule has 1 aliphatic heterocycles. The van der Waals surface area contributed by atoms with Gasteiger partial charge in [-0.2, -0.15) is 5.26 Å². The van der Waals surface area contributed by atoms with E-state index in [2.05, 4.69) is 16.7 Å². The van der Waals surface area contributed by atoms with Gasteiger partial charge in [-0.25, -0.2) is 9.18 Å². The van der Waals surface area contributed by atoms with E-state index in [9.17, 15) is 19.2 Å². The molecule has 8 nitrogen and oxygen atoms in total. The first kappa shape index (κ1) is 21.7. The Bertz CT molecular complexity index is 1240. The molecule has 1 fully saturated rings. The third-order valence-electron chi connectivity index (χ3n) is 5.49. The number of nitrogens with zero attached hydrogens (tertiary/aromatic N) is 2. The van der Waals surface area contributed by atoms with E-state index in [0.29, 0.717) is 40.9 Å². The second kappa shape index (κ2) is 9.34. The van der Waals surface area contributed by atoms with Crippen LogP contribution in [0, 0.1) is 17.1 Å². The Balaban J connectivity index is 1.49. The highest BCUT2D eigenvalue weighted by Crippen LogP contribution is 2.27. The Kier molecular flexibility index (Phi) is 6.35. The average Bonchev–Trinajstić information content (AvgIpc) is 2.96. The number of ether oxygens (including phenoxy) is 1. The molecule has 1 saturated heterocycles. The van der Waals surface area contributed by atoms with Crippen molar-refractivity contribution in [2.24, 2.45) is 7.05 Å². The lowest BCUT2D eigenvalue weighted by atomic mass is 9.99. The van der Waals surface area contributed by atoms with Gasteiger partial charge in [0.25, 0.3) is 5.91 Å². The molecule has 1 aromatic heterocycles. The molecule has 1 amide bonds. The van der Waals surface area contributed by atoms with Gasteiger partial charge in [0.2, 0.25) is 0 Å². The maximum Gasteiger partial charge on any atom is 0.419 e. The van der Waals surface area contributed by atoms with Crippen LogP contribution in [0.5, 0.6) is 0 Å². The minimum absolute atomic E-state index is 0.162. The van der Waals surface area contributed by atoms with Crippen LogP contribution in [0.3, 0.4) is 0 Å². The van der Waals surface area contributed by atoms with E-state index in [4.69, 9.17) is 9.15 Å². The van der Waals surface area contributed by atoms with Crippen LogP contribution in [0.25, 0.3) is 22.2 Å². The third-order valence-corrected chi connectivity index (χ3v) is 5.49. The first-order chi connectivity index (χ1) is 15.5. The zero-order chi connectivity index (χ0) is 22.7. The fourth-order valence-corrected chi connectivity index (χ4v) is 3.73. The molecule has 0 saturated carbocycles. The van der Waals surface area contributed by atoms with Crippen LogP contribution in [0.1, 0.15) is 12.0 Å². The first-order valence-corrected chi connectivity index (χ1v) is 10.4. The van der Waals surface area contributed by atoms with Crippen molar-refractivity contribution in [2.45, 2.75) is 25.0 Å². The van der Waals surface area contributed by atoms with E-state index in [1.54, 1.807) is 37.4 Å². The Morgan fingerprint density at radius 1 is 1.38 bits per heavy atom. The summed E-state index contributed by atoms with van der Waals surface area (Å²) in [4.78, 5) is 24.1. The number of nitrogens with one attached hydrogen (secondary N) is 2. The summed E-state index contributed by atoms with van der Waals surface area (Å²) < 4.78 is 26.9. The van der Waals surface area contributed by atoms with Crippen molar-refractivity contribution in [3.8, 4) is 17.2 Å². The number of hydrogen-bond donors (Lipinski definition) is 2. The Hall–Kier alpha value is -3.48. The number of benzene rings is 2. The number of fused-ring (bicyclic) bond motifs is 1. The molecule has 9 heteroatoms. The summed E-state index contributed by atoms with van der Waals surface area (Å²) >= 11 is 0. The summed E-state index contributed by atoms with van der Waals surface area (Å²) in [7, 11) is 1.59. The lowest BCUT2D eigenvalue weighted by molar-refractivity contribution is -0.132. The predicted molar refractivity (Wildman–Crippen MR) is 115 cm³/mol. The average molecular weight is 438 g/mol. The molecule has 0 bridgehead atoms. The SMILES string of the molecule is Cn1c(=O)oc2ccc(-c3ccc(CC(C#N)NC(=O)[C@@H]4CNCCCO4)cc3F)cc21. The first-order valence-electron chi connectivity index (χ1n) is 10.4. The van der Waals surface area contributed by atoms with E-state index in [1.165, 1.54) is 10.6 Å². The van der Waals surface area contributed by atoms with Crippen molar-refractivity contribution in [2.75, 3.05) is 19.7 Å². The lowest BCUT2D eigenvalue weighted by Crippen LogP contribution is -2.46. The quantitative estimate of drug-likeness (QED) is 0.630. The number of amides is 1. The number of nitriles is 1. The Morgan fingerprint density at radius 3 is 3.00 bits per heavy atom. The molecule has 32 heavy (non-hydrogen) atoms. The van der Waals surface area contributed by atoms with Crippen LogP contribution in [0.2, 0.25) is 0 Å². The molecule has 2 N–H and O–H groups in total. The fourth-order valence-electron chi connectivity index (χ4n) is 3.73. The number of oxazole rings is 1. The highest BCUT2D eigenvalue weighted by atomic mass is 19.1. The van der Waals surface area contributed by atoms with Crippen LogP contribution in [0.4, 0.5) is 4.39 Å². The molecule has 166 valence electrons. The van der Waals surface area contributed by atoms with Gasteiger partial charge in [0.1, 0.15) is 18.0 Å². The molecule has 2 atom stereocenters. The van der Waals surface area contributed by atoms with Crippen molar-refractivity contribution >= 4 is 17.0 Å². The topological polar surface area (TPSA) is 109 Å². The summed E-state index contributed by atoms with van der Waals surface area (Å²) in [5, 5.41) is 15.3. The van der Waals surface area contributed by atoms with Gasteiger partial charge < -0.3 is 19.8 Å². The molecule has 0 radical (unpaired) electrons. The predicted octanol–water partition coefficient (Wildman–Crippen LogP) is 1.87. The molecule has 4 rings (SSSR count). The van der Waals surface area contributed by atoms with Crippen molar-refractivity contribution in [1.29, 1.82) is 5.26 Å². The van der Waals surface area contributed by atoms with Gasteiger partial charge in [-0.3, -0.25) is 9.36 Å². The lowest BCUT2D eigenvalue weighted by Gasteiger charge is -2.18. The van der Waals surface area contributed by atoms with Crippen LogP contribution < -0.4 is 16.4 Å². The van der Waals surface area contributed by atoms with Crippen molar-refractivity contribution in [3.05, 3.63) is 58.3 Å². The molecular weight excluding hydrogens is 415 g/mol. The van der Waals surface area contributed by atoms with Gasteiger partial charge in [0.05, 0.1) is 11.6 Å². The molecule has 3 aromatic rings.